The Hall–Kier alpha value is -4.99. The molecule has 0 saturated heterocycles. The number of carbonyl (C=O) groups excluding carboxylic acids is 1. The predicted molar refractivity (Wildman–Crippen MR) is 146 cm³/mol. The van der Waals surface area contributed by atoms with Crippen LogP contribution in [-0.2, 0) is 4.79 Å². The molecule has 0 aliphatic rings. The molecule has 4 heterocycles. The van der Waals surface area contributed by atoms with Crippen molar-refractivity contribution in [1.29, 1.82) is 0 Å². The van der Waals surface area contributed by atoms with Gasteiger partial charge in [0.15, 0.2) is 17.3 Å². The molecule has 194 valence electrons. The summed E-state index contributed by atoms with van der Waals surface area (Å²) in [4.78, 5) is 28.9. The fraction of sp³-hybridized carbons (Fsp3) is 0.138. The van der Waals surface area contributed by atoms with Gasteiger partial charge in [-0.05, 0) is 47.5 Å². The standard InChI is InChI=1S/C29H23F2N7O/c1-29(2,3)28(39)34-19-10-17(13-32-14-19)16-11-21-23(22(31)12-16)37-38-25(21)27-35-24-20(8-9-33-26(24)36-27)15-4-6-18(30)7-5-15/h4-14H,1-3H3,(H,34,39)(H,37,38)(H,33,35,36). The summed E-state index contributed by atoms with van der Waals surface area (Å²) in [5.74, 6) is -0.571. The van der Waals surface area contributed by atoms with Crippen LogP contribution in [0.4, 0.5) is 14.5 Å². The Bertz CT molecular complexity index is 1870. The Labute approximate surface area is 221 Å². The summed E-state index contributed by atoms with van der Waals surface area (Å²) in [6.45, 7) is 5.46. The highest BCUT2D eigenvalue weighted by atomic mass is 19.1. The van der Waals surface area contributed by atoms with E-state index >= 15 is 4.39 Å². The summed E-state index contributed by atoms with van der Waals surface area (Å²) < 4.78 is 28.7. The molecule has 0 atom stereocenters. The van der Waals surface area contributed by atoms with Crippen LogP contribution in [0, 0.1) is 17.0 Å². The molecule has 10 heteroatoms. The van der Waals surface area contributed by atoms with Gasteiger partial charge in [-0.2, -0.15) is 5.10 Å². The van der Waals surface area contributed by atoms with Crippen LogP contribution < -0.4 is 5.32 Å². The fourth-order valence-electron chi connectivity index (χ4n) is 4.31. The fourth-order valence-corrected chi connectivity index (χ4v) is 4.31. The number of imidazole rings is 1. The quantitative estimate of drug-likeness (QED) is 0.244. The smallest absolute Gasteiger partial charge is 0.229 e. The zero-order valence-corrected chi connectivity index (χ0v) is 21.3. The number of hydrogen-bond acceptors (Lipinski definition) is 5. The van der Waals surface area contributed by atoms with Gasteiger partial charge in [-0.25, -0.2) is 18.7 Å². The Morgan fingerprint density at radius 2 is 1.74 bits per heavy atom. The molecule has 0 unspecified atom stereocenters. The molecule has 0 spiro atoms. The minimum absolute atomic E-state index is 0.154. The average Bonchev–Trinajstić information content (AvgIpc) is 3.53. The Balaban J connectivity index is 1.43. The average molecular weight is 524 g/mol. The molecule has 0 fully saturated rings. The molecule has 1 amide bonds. The van der Waals surface area contributed by atoms with Gasteiger partial charge in [-0.15, -0.1) is 0 Å². The number of halogens is 2. The van der Waals surface area contributed by atoms with Crippen LogP contribution in [0.2, 0.25) is 0 Å². The van der Waals surface area contributed by atoms with Crippen LogP contribution in [0.15, 0.2) is 67.1 Å². The first-order chi connectivity index (χ1) is 18.7. The number of pyridine rings is 2. The van der Waals surface area contributed by atoms with E-state index in [0.29, 0.717) is 44.9 Å². The lowest BCUT2D eigenvalue weighted by molar-refractivity contribution is -0.123. The first kappa shape index (κ1) is 24.4. The van der Waals surface area contributed by atoms with E-state index in [2.05, 4.69) is 35.5 Å². The highest BCUT2D eigenvalue weighted by Crippen LogP contribution is 2.34. The van der Waals surface area contributed by atoms with Gasteiger partial charge in [0.25, 0.3) is 0 Å². The molecule has 3 N–H and O–H groups in total. The number of hydrogen-bond donors (Lipinski definition) is 3. The summed E-state index contributed by atoms with van der Waals surface area (Å²) in [6.07, 6.45) is 4.78. The van der Waals surface area contributed by atoms with E-state index in [1.54, 1.807) is 42.9 Å². The van der Waals surface area contributed by atoms with Crippen LogP contribution in [0.3, 0.4) is 0 Å². The number of aromatic nitrogens is 6. The molecule has 2 aromatic carbocycles. The molecule has 0 aliphatic heterocycles. The van der Waals surface area contributed by atoms with Gasteiger partial charge >= 0.3 is 0 Å². The van der Waals surface area contributed by atoms with Crippen molar-refractivity contribution in [2.45, 2.75) is 20.8 Å². The zero-order valence-electron chi connectivity index (χ0n) is 21.3. The number of benzene rings is 2. The lowest BCUT2D eigenvalue weighted by Crippen LogP contribution is -2.27. The molecular formula is C29H23F2N7O. The van der Waals surface area contributed by atoms with Crippen molar-refractivity contribution in [3.8, 4) is 33.8 Å². The molecule has 6 rings (SSSR count). The third kappa shape index (κ3) is 4.50. The van der Waals surface area contributed by atoms with Gasteiger partial charge in [0.2, 0.25) is 5.91 Å². The van der Waals surface area contributed by atoms with Gasteiger partial charge in [0.05, 0.1) is 17.4 Å². The molecule has 39 heavy (non-hydrogen) atoms. The Kier molecular flexibility index (Phi) is 5.67. The summed E-state index contributed by atoms with van der Waals surface area (Å²) in [5.41, 5.74) is 4.47. The number of anilines is 1. The largest absolute Gasteiger partial charge is 0.335 e. The first-order valence-electron chi connectivity index (χ1n) is 12.2. The molecule has 0 radical (unpaired) electrons. The number of amides is 1. The number of rotatable bonds is 4. The lowest BCUT2D eigenvalue weighted by atomic mass is 9.95. The predicted octanol–water partition coefficient (Wildman–Crippen LogP) is 6.49. The van der Waals surface area contributed by atoms with Crippen molar-refractivity contribution in [3.05, 3.63) is 78.8 Å². The minimum atomic E-state index is -0.579. The molecule has 4 aromatic heterocycles. The van der Waals surface area contributed by atoms with Crippen LogP contribution in [0.25, 0.3) is 55.8 Å². The summed E-state index contributed by atoms with van der Waals surface area (Å²) in [5, 5.41) is 10.4. The molecule has 8 nitrogen and oxygen atoms in total. The highest BCUT2D eigenvalue weighted by molar-refractivity contribution is 5.98. The number of fused-ring (bicyclic) bond motifs is 2. The molecule has 6 aromatic rings. The number of carbonyl (C=O) groups is 1. The maximum absolute atomic E-state index is 15.2. The van der Waals surface area contributed by atoms with Crippen molar-refractivity contribution >= 4 is 33.7 Å². The van der Waals surface area contributed by atoms with E-state index in [1.165, 1.54) is 18.2 Å². The second-order valence-electron chi connectivity index (χ2n) is 10.3. The molecular weight excluding hydrogens is 500 g/mol. The first-order valence-corrected chi connectivity index (χ1v) is 12.2. The second-order valence-corrected chi connectivity index (χ2v) is 10.3. The number of nitrogens with one attached hydrogen (secondary N) is 3. The van der Waals surface area contributed by atoms with Gasteiger partial charge in [-0.1, -0.05) is 32.9 Å². The van der Waals surface area contributed by atoms with Gasteiger partial charge in [0, 0.05) is 34.3 Å². The Morgan fingerprint density at radius 1 is 0.949 bits per heavy atom. The van der Waals surface area contributed by atoms with E-state index in [9.17, 15) is 9.18 Å². The van der Waals surface area contributed by atoms with Gasteiger partial charge in [0.1, 0.15) is 17.0 Å². The zero-order chi connectivity index (χ0) is 27.3. The van der Waals surface area contributed by atoms with Crippen LogP contribution in [-0.4, -0.2) is 36.0 Å². The number of H-pyrrole nitrogens is 2. The maximum atomic E-state index is 15.2. The van der Waals surface area contributed by atoms with E-state index in [0.717, 1.165) is 11.1 Å². The summed E-state index contributed by atoms with van der Waals surface area (Å²) in [6, 6.07) is 12.9. The van der Waals surface area contributed by atoms with E-state index in [-0.39, 0.29) is 17.2 Å². The maximum Gasteiger partial charge on any atom is 0.229 e. The lowest BCUT2D eigenvalue weighted by Gasteiger charge is -2.17. The van der Waals surface area contributed by atoms with E-state index < -0.39 is 11.2 Å². The van der Waals surface area contributed by atoms with Gasteiger partial charge in [-0.3, -0.25) is 14.9 Å². The van der Waals surface area contributed by atoms with Crippen molar-refractivity contribution in [1.82, 2.24) is 30.1 Å². The SMILES string of the molecule is CC(C)(C)C(=O)Nc1cncc(-c2cc(F)c3n[nH]c(-c4nc5nccc(-c6ccc(F)cc6)c5[nH]4)c3c2)c1. The topological polar surface area (TPSA) is 112 Å². The number of aromatic amines is 2. The number of nitrogens with zero attached hydrogens (tertiary/aromatic N) is 4. The van der Waals surface area contributed by atoms with Crippen LogP contribution in [0.1, 0.15) is 20.8 Å². The Morgan fingerprint density at radius 3 is 2.51 bits per heavy atom. The van der Waals surface area contributed by atoms with Crippen LogP contribution in [0.5, 0.6) is 0 Å². The summed E-state index contributed by atoms with van der Waals surface area (Å²) >= 11 is 0. The van der Waals surface area contributed by atoms with Crippen molar-refractivity contribution in [3.63, 3.8) is 0 Å². The molecule has 0 aliphatic carbocycles. The van der Waals surface area contributed by atoms with E-state index in [4.69, 9.17) is 0 Å². The third-order valence-corrected chi connectivity index (χ3v) is 6.41. The van der Waals surface area contributed by atoms with Crippen molar-refractivity contribution in [2.75, 3.05) is 5.32 Å². The van der Waals surface area contributed by atoms with Crippen molar-refractivity contribution in [2.24, 2.45) is 5.41 Å². The normalized spacial score (nSPS) is 11.8. The van der Waals surface area contributed by atoms with Crippen molar-refractivity contribution < 1.29 is 13.6 Å². The minimum Gasteiger partial charge on any atom is -0.335 e. The van der Waals surface area contributed by atoms with Gasteiger partial charge < -0.3 is 10.3 Å². The highest BCUT2D eigenvalue weighted by Gasteiger charge is 2.22. The monoisotopic (exact) mass is 523 g/mol. The second kappa shape index (κ2) is 9.09. The molecule has 0 bridgehead atoms. The third-order valence-electron chi connectivity index (χ3n) is 6.41. The summed E-state index contributed by atoms with van der Waals surface area (Å²) in [7, 11) is 0. The van der Waals surface area contributed by atoms with E-state index in [1.807, 2.05) is 26.8 Å². The van der Waals surface area contributed by atoms with Crippen LogP contribution >= 0.6 is 0 Å². The molecule has 0 saturated carbocycles.